The standard InChI is InChI=1S/C14H10ClNO5S/c17-15(18,19)21-22-13(11-7-3-1-4-8-11)16-20-14(22)12-9-5-2-6-10-12/h1-10H. The van der Waals surface area contributed by atoms with Gasteiger partial charge in [-0.05, 0) is 0 Å². The number of hydrogen-bond acceptors (Lipinski definition) is 6. The molecule has 1 unspecified atom stereocenters. The lowest BCUT2D eigenvalue weighted by Crippen LogP contribution is -2.60. The number of oxime groups is 1. The van der Waals surface area contributed by atoms with Gasteiger partial charge in [-0.25, -0.2) is 0 Å². The maximum atomic E-state index is 11.0. The molecule has 0 saturated heterocycles. The van der Waals surface area contributed by atoms with Gasteiger partial charge < -0.3 is 4.84 Å². The lowest BCUT2D eigenvalue weighted by atomic mass is 10.2. The molecule has 3 rings (SSSR count). The molecule has 0 bridgehead atoms. The van der Waals surface area contributed by atoms with E-state index >= 15 is 0 Å². The highest BCUT2D eigenvalue weighted by molar-refractivity contribution is 8.25. The van der Waals surface area contributed by atoms with Gasteiger partial charge in [-0.3, -0.25) is 0 Å². The van der Waals surface area contributed by atoms with Crippen LogP contribution in [0.4, 0.5) is 0 Å². The molecule has 0 spiro atoms. The predicted octanol–water partition coefficient (Wildman–Crippen LogP) is -0.346. The molecule has 0 aromatic heterocycles. The topological polar surface area (TPSA) is 100 Å². The zero-order valence-corrected chi connectivity index (χ0v) is 12.6. The van der Waals surface area contributed by atoms with E-state index in [4.69, 9.17) is 4.84 Å². The molecule has 22 heavy (non-hydrogen) atoms. The van der Waals surface area contributed by atoms with E-state index in [1.54, 1.807) is 54.6 Å². The van der Waals surface area contributed by atoms with Crippen LogP contribution in [-0.2, 0) is 8.57 Å². The van der Waals surface area contributed by atoms with Crippen molar-refractivity contribution in [3.63, 3.8) is 0 Å². The molecule has 0 N–H and O–H groups in total. The van der Waals surface area contributed by atoms with Gasteiger partial charge in [0.05, 0.1) is 10.2 Å². The van der Waals surface area contributed by atoms with Crippen molar-refractivity contribution < 1.29 is 32.8 Å². The van der Waals surface area contributed by atoms with E-state index in [0.717, 1.165) is 0 Å². The number of halogens is 1. The van der Waals surface area contributed by atoms with Crippen LogP contribution < -0.4 is 14.0 Å². The minimum Gasteiger partial charge on any atom is -0.346 e. The van der Waals surface area contributed by atoms with Crippen molar-refractivity contribution in [2.75, 3.05) is 0 Å². The molecule has 2 aromatic carbocycles. The molecule has 6 nitrogen and oxygen atoms in total. The van der Waals surface area contributed by atoms with Crippen LogP contribution in [0.2, 0.25) is 0 Å². The molecule has 0 saturated carbocycles. The Hall–Kier alpha value is -1.74. The third-order valence-electron chi connectivity index (χ3n) is 2.73. The summed E-state index contributed by atoms with van der Waals surface area (Å²) < 4.78 is 37.7. The highest BCUT2D eigenvalue weighted by Crippen LogP contribution is 2.34. The van der Waals surface area contributed by atoms with Crippen molar-refractivity contribution in [3.05, 3.63) is 71.8 Å². The third kappa shape index (κ3) is 3.36. The van der Waals surface area contributed by atoms with Crippen molar-refractivity contribution >= 4 is 20.9 Å². The Morgan fingerprint density at radius 3 is 1.95 bits per heavy atom. The third-order valence-corrected chi connectivity index (χ3v) is 5.16. The molecular weight excluding hydrogens is 330 g/mol. The smallest absolute Gasteiger partial charge is 0.235 e. The van der Waals surface area contributed by atoms with Gasteiger partial charge in [0.25, 0.3) is 0 Å². The zero-order valence-electron chi connectivity index (χ0n) is 11.0. The Morgan fingerprint density at radius 2 is 1.41 bits per heavy atom. The van der Waals surface area contributed by atoms with Crippen molar-refractivity contribution in [1.29, 1.82) is 0 Å². The summed E-state index contributed by atoms with van der Waals surface area (Å²) in [6, 6.07) is 17.6. The van der Waals surface area contributed by atoms with Crippen molar-refractivity contribution in [2.45, 2.75) is 0 Å². The fourth-order valence-electron chi connectivity index (χ4n) is 1.85. The molecule has 0 amide bonds. The fourth-order valence-corrected chi connectivity index (χ4v) is 4.02. The van der Waals surface area contributed by atoms with E-state index in [-0.39, 0.29) is 10.1 Å². The molecule has 0 aliphatic carbocycles. The highest BCUT2D eigenvalue weighted by Gasteiger charge is 2.36. The van der Waals surface area contributed by atoms with Gasteiger partial charge in [0.2, 0.25) is 15.8 Å². The Morgan fingerprint density at radius 1 is 0.864 bits per heavy atom. The van der Waals surface area contributed by atoms with E-state index < -0.39 is 21.0 Å². The van der Waals surface area contributed by atoms with E-state index in [1.165, 1.54) is 0 Å². The Labute approximate surface area is 131 Å². The molecule has 2 aromatic rings. The molecule has 8 heteroatoms. The molecule has 0 fully saturated rings. The summed E-state index contributed by atoms with van der Waals surface area (Å²) in [5.41, 5.74) is 1.22. The van der Waals surface area contributed by atoms with Crippen LogP contribution in [0.1, 0.15) is 11.1 Å². The first-order valence-corrected chi connectivity index (χ1v) is 8.51. The van der Waals surface area contributed by atoms with Crippen LogP contribution in [-0.4, -0.2) is 10.1 Å². The van der Waals surface area contributed by atoms with Crippen LogP contribution in [0.3, 0.4) is 0 Å². The molecule has 1 aliphatic heterocycles. The second kappa shape index (κ2) is 6.17. The van der Waals surface area contributed by atoms with Crippen LogP contribution in [0.15, 0.2) is 65.8 Å². The second-order valence-electron chi connectivity index (χ2n) is 4.22. The Bertz CT molecular complexity index is 728. The number of hydrogen-bond donors (Lipinski definition) is 0. The summed E-state index contributed by atoms with van der Waals surface area (Å²) >= 11 is 0. The molecular formula is C14H10ClNO5S. The molecule has 114 valence electrons. The monoisotopic (exact) mass is 339 g/mol. The van der Waals surface area contributed by atoms with Crippen LogP contribution in [0.25, 0.3) is 0 Å². The minimum atomic E-state index is -4.62. The lowest BCUT2D eigenvalue weighted by molar-refractivity contribution is -1.91. The molecule has 1 heterocycles. The number of benzene rings is 2. The van der Waals surface area contributed by atoms with Crippen molar-refractivity contribution in [1.82, 2.24) is 0 Å². The van der Waals surface area contributed by atoms with E-state index in [2.05, 4.69) is 8.89 Å². The maximum absolute atomic E-state index is 11.0. The molecule has 0 radical (unpaired) electrons. The van der Waals surface area contributed by atoms with Crippen LogP contribution in [0, 0.1) is 10.2 Å². The van der Waals surface area contributed by atoms with Gasteiger partial charge in [0.15, 0.2) is 5.04 Å². The summed E-state index contributed by atoms with van der Waals surface area (Å²) in [6.07, 6.45) is 0. The second-order valence-corrected chi connectivity index (χ2v) is 6.77. The summed E-state index contributed by atoms with van der Waals surface area (Å²) in [5.74, 6) is 0. The largest absolute Gasteiger partial charge is 0.346 e. The lowest BCUT2D eigenvalue weighted by Gasteiger charge is -2.13. The summed E-state index contributed by atoms with van der Waals surface area (Å²) in [5, 5.41) is 4.33. The van der Waals surface area contributed by atoms with Crippen molar-refractivity contribution in [3.8, 4) is 0 Å². The average Bonchev–Trinajstić information content (AvgIpc) is 2.90. The zero-order chi connectivity index (χ0) is 15.6. The van der Waals surface area contributed by atoms with E-state index in [9.17, 15) is 14.0 Å². The van der Waals surface area contributed by atoms with Gasteiger partial charge in [-0.1, -0.05) is 65.8 Å². The SMILES string of the molecule is [O-][Cl+3]([O-])([O-])OS1=C(c2ccccc2)ON=C1c1ccccc1. The number of rotatable bonds is 4. The minimum absolute atomic E-state index is 0.186. The molecule has 1 aliphatic rings. The van der Waals surface area contributed by atoms with Crippen LogP contribution >= 0.6 is 10.8 Å². The van der Waals surface area contributed by atoms with Gasteiger partial charge in [0, 0.05) is 11.1 Å². The maximum Gasteiger partial charge on any atom is 0.235 e. The first-order chi connectivity index (χ1) is 10.5. The predicted molar refractivity (Wildman–Crippen MR) is 73.3 cm³/mol. The summed E-state index contributed by atoms with van der Waals surface area (Å²) in [6.45, 7) is 0. The van der Waals surface area contributed by atoms with Gasteiger partial charge in [-0.15, -0.1) is 0 Å². The first-order valence-electron chi connectivity index (χ1n) is 6.12. The first kappa shape index (κ1) is 15.2. The Balaban J connectivity index is 2.07. The van der Waals surface area contributed by atoms with Gasteiger partial charge in [0.1, 0.15) is 3.74 Å². The average molecular weight is 340 g/mol. The Kier molecular flexibility index (Phi) is 4.25. The van der Waals surface area contributed by atoms with E-state index in [0.29, 0.717) is 11.1 Å². The van der Waals surface area contributed by atoms with Crippen LogP contribution in [0.5, 0.6) is 0 Å². The van der Waals surface area contributed by atoms with Gasteiger partial charge in [-0.2, -0.15) is 14.0 Å². The highest BCUT2D eigenvalue weighted by atomic mass is 35.7. The van der Waals surface area contributed by atoms with E-state index in [1.807, 2.05) is 6.07 Å². The van der Waals surface area contributed by atoms with Gasteiger partial charge >= 0.3 is 0 Å². The fraction of sp³-hybridized carbons (Fsp3) is 0. The number of nitrogens with zero attached hydrogens (tertiary/aromatic N) is 1. The normalized spacial score (nSPS) is 18.0. The summed E-state index contributed by atoms with van der Waals surface area (Å²) in [4.78, 5) is 5.25. The van der Waals surface area contributed by atoms with Crippen molar-refractivity contribution in [2.24, 2.45) is 5.16 Å². The summed E-state index contributed by atoms with van der Waals surface area (Å²) in [7, 11) is -6.16. The molecule has 1 atom stereocenters. The quantitative estimate of drug-likeness (QED) is 0.709.